The van der Waals surface area contributed by atoms with E-state index in [-0.39, 0.29) is 11.9 Å². The third-order valence-corrected chi connectivity index (χ3v) is 3.30. The zero-order valence-corrected chi connectivity index (χ0v) is 12.3. The number of aryl methyl sites for hydroxylation is 1. The van der Waals surface area contributed by atoms with E-state index in [4.69, 9.17) is 5.73 Å². The Morgan fingerprint density at radius 2 is 1.71 bits per heavy atom. The number of carbonyl (C=O) groups excluding carboxylic acids is 1. The van der Waals surface area contributed by atoms with Gasteiger partial charge in [-0.15, -0.1) is 0 Å². The van der Waals surface area contributed by atoms with E-state index in [1.54, 1.807) is 6.08 Å². The first-order valence-electron chi connectivity index (χ1n) is 6.95. The predicted molar refractivity (Wildman–Crippen MR) is 87.6 cm³/mol. The van der Waals surface area contributed by atoms with Gasteiger partial charge in [-0.1, -0.05) is 42.0 Å². The Bertz CT molecular complexity index is 627. The van der Waals surface area contributed by atoms with E-state index in [1.807, 2.05) is 62.4 Å². The van der Waals surface area contributed by atoms with Crippen LogP contribution in [0.2, 0.25) is 0 Å². The molecule has 0 heterocycles. The number of carbonyl (C=O) groups is 1. The second-order valence-electron chi connectivity index (χ2n) is 5.14. The van der Waals surface area contributed by atoms with Gasteiger partial charge in [-0.25, -0.2) is 0 Å². The lowest BCUT2D eigenvalue weighted by molar-refractivity contribution is -0.117. The van der Waals surface area contributed by atoms with E-state index in [0.717, 1.165) is 11.1 Å². The fraction of sp³-hybridized carbons (Fsp3) is 0.167. The third kappa shape index (κ3) is 4.49. The topological polar surface area (TPSA) is 55.1 Å². The monoisotopic (exact) mass is 280 g/mol. The number of nitrogens with one attached hydrogen (secondary N) is 1. The maximum Gasteiger partial charge on any atom is 0.244 e. The first-order valence-corrected chi connectivity index (χ1v) is 6.95. The second-order valence-corrected chi connectivity index (χ2v) is 5.14. The average molecular weight is 280 g/mol. The number of amides is 1. The number of nitrogens with two attached hydrogens (primary N) is 1. The number of hydrogen-bond donors (Lipinski definition) is 2. The molecule has 0 aliphatic rings. The van der Waals surface area contributed by atoms with Gasteiger partial charge in [-0.3, -0.25) is 4.79 Å². The summed E-state index contributed by atoms with van der Waals surface area (Å²) in [5, 5.41) is 2.95. The highest BCUT2D eigenvalue weighted by atomic mass is 16.1. The molecule has 0 saturated carbocycles. The van der Waals surface area contributed by atoms with Crippen LogP contribution in [0.5, 0.6) is 0 Å². The van der Waals surface area contributed by atoms with E-state index in [2.05, 4.69) is 5.32 Å². The van der Waals surface area contributed by atoms with Gasteiger partial charge in [0.05, 0.1) is 6.04 Å². The first kappa shape index (κ1) is 14.9. The van der Waals surface area contributed by atoms with Crippen molar-refractivity contribution in [3.63, 3.8) is 0 Å². The van der Waals surface area contributed by atoms with E-state index >= 15 is 0 Å². The Morgan fingerprint density at radius 1 is 1.10 bits per heavy atom. The Kier molecular flexibility index (Phi) is 4.77. The quantitative estimate of drug-likeness (QED) is 0.665. The largest absolute Gasteiger partial charge is 0.399 e. The van der Waals surface area contributed by atoms with Crippen molar-refractivity contribution >= 4 is 17.7 Å². The minimum absolute atomic E-state index is 0.0193. The molecule has 0 aromatic heterocycles. The van der Waals surface area contributed by atoms with Gasteiger partial charge in [0.2, 0.25) is 5.91 Å². The fourth-order valence-corrected chi connectivity index (χ4v) is 1.98. The molecule has 2 aromatic carbocycles. The molecule has 0 saturated heterocycles. The molecular formula is C18H20N2O. The van der Waals surface area contributed by atoms with Crippen LogP contribution in [0.1, 0.15) is 29.7 Å². The van der Waals surface area contributed by atoms with Crippen LogP contribution in [0.25, 0.3) is 6.08 Å². The van der Waals surface area contributed by atoms with Crippen LogP contribution >= 0.6 is 0 Å². The lowest BCUT2D eigenvalue weighted by Crippen LogP contribution is -2.24. The van der Waals surface area contributed by atoms with E-state index < -0.39 is 0 Å². The Balaban J connectivity index is 1.94. The molecule has 2 rings (SSSR count). The Morgan fingerprint density at radius 3 is 2.33 bits per heavy atom. The minimum Gasteiger partial charge on any atom is -0.399 e. The Labute approximate surface area is 125 Å². The highest BCUT2D eigenvalue weighted by Crippen LogP contribution is 2.13. The normalized spacial score (nSPS) is 12.3. The van der Waals surface area contributed by atoms with Crippen LogP contribution in [0.4, 0.5) is 5.69 Å². The standard InChI is InChI=1S/C18H20N2O/c1-13-3-8-16(9-4-13)14(2)20-18(21)12-7-15-5-10-17(19)11-6-15/h3-12,14H,19H2,1-2H3,(H,20,21)/b12-7+. The summed E-state index contributed by atoms with van der Waals surface area (Å²) in [7, 11) is 0. The molecule has 2 aromatic rings. The third-order valence-electron chi connectivity index (χ3n) is 3.30. The summed E-state index contributed by atoms with van der Waals surface area (Å²) in [6.45, 7) is 4.02. The molecule has 1 unspecified atom stereocenters. The molecule has 3 heteroatoms. The van der Waals surface area contributed by atoms with Gasteiger partial charge < -0.3 is 11.1 Å². The van der Waals surface area contributed by atoms with Crippen molar-refractivity contribution in [1.29, 1.82) is 0 Å². The van der Waals surface area contributed by atoms with Gasteiger partial charge >= 0.3 is 0 Å². The van der Waals surface area contributed by atoms with E-state index in [1.165, 1.54) is 11.6 Å². The SMILES string of the molecule is Cc1ccc(C(C)NC(=O)/C=C/c2ccc(N)cc2)cc1. The van der Waals surface area contributed by atoms with Crippen molar-refractivity contribution in [1.82, 2.24) is 5.32 Å². The van der Waals surface area contributed by atoms with Gasteiger partial charge in [0.25, 0.3) is 0 Å². The maximum absolute atomic E-state index is 11.9. The van der Waals surface area contributed by atoms with Crippen molar-refractivity contribution in [2.75, 3.05) is 5.73 Å². The number of rotatable bonds is 4. The molecule has 0 radical (unpaired) electrons. The van der Waals surface area contributed by atoms with Gasteiger partial charge in [-0.05, 0) is 43.2 Å². The maximum atomic E-state index is 11.9. The summed E-state index contributed by atoms with van der Waals surface area (Å²) in [5.74, 6) is -0.111. The zero-order chi connectivity index (χ0) is 15.2. The lowest BCUT2D eigenvalue weighted by Gasteiger charge is -2.13. The Hall–Kier alpha value is -2.55. The van der Waals surface area contributed by atoms with Crippen molar-refractivity contribution in [2.45, 2.75) is 19.9 Å². The highest BCUT2D eigenvalue weighted by Gasteiger charge is 2.06. The molecule has 0 aliphatic carbocycles. The van der Waals surface area contributed by atoms with Crippen molar-refractivity contribution < 1.29 is 4.79 Å². The average Bonchev–Trinajstić information content (AvgIpc) is 2.47. The van der Waals surface area contributed by atoms with Crippen LogP contribution in [0, 0.1) is 6.92 Å². The van der Waals surface area contributed by atoms with Crippen molar-refractivity contribution in [2.24, 2.45) is 0 Å². The molecule has 0 bridgehead atoms. The number of benzene rings is 2. The lowest BCUT2D eigenvalue weighted by atomic mass is 10.1. The van der Waals surface area contributed by atoms with E-state index in [9.17, 15) is 4.79 Å². The molecule has 0 fully saturated rings. The number of nitrogen functional groups attached to an aromatic ring is 1. The smallest absolute Gasteiger partial charge is 0.244 e. The van der Waals surface area contributed by atoms with Crippen LogP contribution in [-0.2, 0) is 4.79 Å². The molecule has 3 N–H and O–H groups in total. The van der Waals surface area contributed by atoms with Gasteiger partial charge in [-0.2, -0.15) is 0 Å². The summed E-state index contributed by atoms with van der Waals surface area (Å²) >= 11 is 0. The molecule has 108 valence electrons. The van der Waals surface area contributed by atoms with Crippen LogP contribution < -0.4 is 11.1 Å². The first-order chi connectivity index (χ1) is 10.0. The minimum atomic E-state index is -0.111. The summed E-state index contributed by atoms with van der Waals surface area (Å²) in [6, 6.07) is 15.5. The summed E-state index contributed by atoms with van der Waals surface area (Å²) in [4.78, 5) is 11.9. The van der Waals surface area contributed by atoms with Crippen LogP contribution in [0.3, 0.4) is 0 Å². The van der Waals surface area contributed by atoms with E-state index in [0.29, 0.717) is 5.69 Å². The molecule has 21 heavy (non-hydrogen) atoms. The zero-order valence-electron chi connectivity index (χ0n) is 12.3. The highest BCUT2D eigenvalue weighted by molar-refractivity contribution is 5.92. The summed E-state index contributed by atoms with van der Waals surface area (Å²) < 4.78 is 0. The van der Waals surface area contributed by atoms with Gasteiger partial charge in [0.1, 0.15) is 0 Å². The molecule has 0 aliphatic heterocycles. The molecular weight excluding hydrogens is 260 g/mol. The van der Waals surface area contributed by atoms with Crippen LogP contribution in [-0.4, -0.2) is 5.91 Å². The predicted octanol–water partition coefficient (Wildman–Crippen LogP) is 3.47. The molecule has 1 amide bonds. The fourth-order valence-electron chi connectivity index (χ4n) is 1.98. The molecule has 1 atom stereocenters. The number of hydrogen-bond acceptors (Lipinski definition) is 2. The van der Waals surface area contributed by atoms with Gasteiger partial charge in [0.15, 0.2) is 0 Å². The summed E-state index contributed by atoms with van der Waals surface area (Å²) in [5.41, 5.74) is 9.58. The number of anilines is 1. The van der Waals surface area contributed by atoms with Crippen LogP contribution in [0.15, 0.2) is 54.6 Å². The summed E-state index contributed by atoms with van der Waals surface area (Å²) in [6.07, 6.45) is 3.31. The van der Waals surface area contributed by atoms with Crippen molar-refractivity contribution in [3.8, 4) is 0 Å². The van der Waals surface area contributed by atoms with Gasteiger partial charge in [0, 0.05) is 11.8 Å². The molecule has 3 nitrogen and oxygen atoms in total. The second kappa shape index (κ2) is 6.75. The van der Waals surface area contributed by atoms with Crippen molar-refractivity contribution in [3.05, 3.63) is 71.3 Å². The molecule has 0 spiro atoms.